The van der Waals surface area contributed by atoms with Gasteiger partial charge in [-0.1, -0.05) is 29.8 Å². The molecule has 3 aliphatic rings. The van der Waals surface area contributed by atoms with Gasteiger partial charge in [-0.2, -0.15) is 4.31 Å². The fourth-order valence-corrected chi connectivity index (χ4v) is 7.83. The highest BCUT2D eigenvalue weighted by molar-refractivity contribution is 7.89. The van der Waals surface area contributed by atoms with Crippen LogP contribution in [0.3, 0.4) is 0 Å². The highest BCUT2D eigenvalue weighted by Crippen LogP contribution is 2.31. The van der Waals surface area contributed by atoms with E-state index in [1.807, 2.05) is 4.90 Å². The Labute approximate surface area is 224 Å². The number of hydrogen-bond acceptors (Lipinski definition) is 6. The van der Waals surface area contributed by atoms with Gasteiger partial charge in [-0.15, -0.1) is 0 Å². The summed E-state index contributed by atoms with van der Waals surface area (Å²) in [6.07, 6.45) is 10.0. The summed E-state index contributed by atoms with van der Waals surface area (Å²) in [7, 11) is -3.96. The van der Waals surface area contributed by atoms with Crippen LogP contribution in [0, 0.1) is 18.7 Å². The molecule has 5 rings (SSSR count). The van der Waals surface area contributed by atoms with Crippen LogP contribution in [0.15, 0.2) is 33.7 Å². The van der Waals surface area contributed by atoms with Crippen LogP contribution in [0.4, 0.5) is 4.39 Å². The molecule has 0 radical (unpaired) electrons. The Balaban J connectivity index is 1.26. The Kier molecular flexibility index (Phi) is 8.30. The number of aryl methyl sites for hydroxylation is 1. The molecule has 0 bridgehead atoms. The smallest absolute Gasteiger partial charge is 0.248 e. The van der Waals surface area contributed by atoms with E-state index in [0.717, 1.165) is 39.0 Å². The number of piperidine rings is 3. The van der Waals surface area contributed by atoms with Gasteiger partial charge in [0.2, 0.25) is 15.9 Å². The highest BCUT2D eigenvalue weighted by atomic mass is 32.2. The number of halogens is 1. The third-order valence-corrected chi connectivity index (χ3v) is 10.2. The molecule has 1 amide bonds. The van der Waals surface area contributed by atoms with Crippen molar-refractivity contribution >= 4 is 28.1 Å². The van der Waals surface area contributed by atoms with Crippen molar-refractivity contribution < 1.29 is 22.1 Å². The molecule has 1 unspecified atom stereocenters. The monoisotopic (exact) mass is 544 g/mol. The van der Waals surface area contributed by atoms with Gasteiger partial charge in [-0.25, -0.2) is 12.8 Å². The second-order valence-electron chi connectivity index (χ2n) is 10.7. The zero-order valence-corrected chi connectivity index (χ0v) is 22.8. The van der Waals surface area contributed by atoms with Gasteiger partial charge in [0.05, 0.1) is 5.92 Å². The second kappa shape index (κ2) is 11.7. The van der Waals surface area contributed by atoms with Gasteiger partial charge in [-0.05, 0) is 76.8 Å². The number of benzene rings is 1. The minimum atomic E-state index is -3.96. The summed E-state index contributed by atoms with van der Waals surface area (Å²) in [4.78, 5) is 17.9. The molecule has 4 heterocycles. The first-order valence-electron chi connectivity index (χ1n) is 13.8. The van der Waals surface area contributed by atoms with Gasteiger partial charge in [0.15, 0.2) is 10.7 Å². The molecule has 3 fully saturated rings. The summed E-state index contributed by atoms with van der Waals surface area (Å²) in [5.74, 6) is -0.660. The van der Waals surface area contributed by atoms with E-state index in [-0.39, 0.29) is 34.7 Å². The number of likely N-dealkylation sites (tertiary alicyclic amines) is 2. The highest BCUT2D eigenvalue weighted by Gasteiger charge is 2.39. The van der Waals surface area contributed by atoms with Gasteiger partial charge in [-0.3, -0.25) is 4.79 Å². The molecule has 1 aromatic carbocycles. The molecule has 38 heavy (non-hydrogen) atoms. The fourth-order valence-electron chi connectivity index (χ4n) is 6.06. The topological polar surface area (TPSA) is 87.0 Å². The lowest BCUT2D eigenvalue weighted by atomic mass is 9.95. The van der Waals surface area contributed by atoms with E-state index >= 15 is 0 Å². The molecule has 10 heteroatoms. The molecular weight excluding hydrogens is 507 g/mol. The number of carbonyl (C=O) groups excluding carboxylic acids is 1. The third kappa shape index (κ3) is 5.72. The third-order valence-electron chi connectivity index (χ3n) is 8.17. The van der Waals surface area contributed by atoms with E-state index in [1.165, 1.54) is 41.8 Å². The lowest BCUT2D eigenvalue weighted by Crippen LogP contribution is -2.51. The van der Waals surface area contributed by atoms with Gasteiger partial charge < -0.3 is 14.3 Å². The molecule has 0 spiro atoms. The van der Waals surface area contributed by atoms with E-state index in [4.69, 9.17) is 4.52 Å². The predicted octanol–water partition coefficient (Wildman–Crippen LogP) is 4.17. The molecule has 0 saturated carbocycles. The number of carbonyl (C=O) groups is 1. The average molecular weight is 545 g/mol. The van der Waals surface area contributed by atoms with Crippen LogP contribution in [0.2, 0.25) is 0 Å². The number of rotatable bonds is 6. The van der Waals surface area contributed by atoms with Crippen LogP contribution in [-0.2, 0) is 14.8 Å². The van der Waals surface area contributed by atoms with E-state index in [2.05, 4.69) is 10.1 Å². The minimum Gasteiger partial charge on any atom is -0.355 e. The van der Waals surface area contributed by atoms with Crippen molar-refractivity contribution in [2.45, 2.75) is 62.8 Å². The zero-order chi connectivity index (χ0) is 26.7. The first kappa shape index (κ1) is 27.0. The van der Waals surface area contributed by atoms with Crippen molar-refractivity contribution in [3.8, 4) is 0 Å². The van der Waals surface area contributed by atoms with E-state index in [0.29, 0.717) is 31.0 Å². The maximum atomic E-state index is 14.0. The SMILES string of the molecule is Cc1noc(/C=C/c2ccccc2F)c1S(=O)(=O)N1CCCC(C(=O)N2CCC(N3CCCCC3)CC2)C1. The maximum absolute atomic E-state index is 14.0. The molecule has 2 aromatic rings. The Morgan fingerprint density at radius 1 is 1.00 bits per heavy atom. The second-order valence-corrected chi connectivity index (χ2v) is 12.5. The molecule has 1 atom stereocenters. The first-order valence-corrected chi connectivity index (χ1v) is 15.2. The summed E-state index contributed by atoms with van der Waals surface area (Å²) >= 11 is 0. The Morgan fingerprint density at radius 2 is 1.74 bits per heavy atom. The molecule has 3 saturated heterocycles. The Bertz CT molecular complexity index is 1260. The van der Waals surface area contributed by atoms with Gasteiger partial charge in [0, 0.05) is 37.8 Å². The van der Waals surface area contributed by atoms with Gasteiger partial charge in [0.1, 0.15) is 11.5 Å². The Morgan fingerprint density at radius 3 is 2.47 bits per heavy atom. The average Bonchev–Trinajstić information content (AvgIpc) is 3.33. The van der Waals surface area contributed by atoms with E-state index < -0.39 is 15.8 Å². The summed E-state index contributed by atoms with van der Waals surface area (Å²) in [6.45, 7) is 5.86. The molecule has 8 nitrogen and oxygen atoms in total. The number of hydrogen-bond donors (Lipinski definition) is 0. The van der Waals surface area contributed by atoms with Crippen LogP contribution in [0.1, 0.15) is 62.0 Å². The van der Waals surface area contributed by atoms with Crippen molar-refractivity contribution in [2.75, 3.05) is 39.3 Å². The van der Waals surface area contributed by atoms with E-state index in [9.17, 15) is 17.6 Å². The van der Waals surface area contributed by atoms with Crippen LogP contribution in [0.5, 0.6) is 0 Å². The quantitative estimate of drug-likeness (QED) is 0.543. The number of amides is 1. The summed E-state index contributed by atoms with van der Waals surface area (Å²) < 4.78 is 48.2. The van der Waals surface area contributed by atoms with Crippen molar-refractivity contribution in [1.82, 2.24) is 19.3 Å². The molecular formula is C28H37FN4O4S. The van der Waals surface area contributed by atoms with Crippen LogP contribution >= 0.6 is 0 Å². The number of sulfonamides is 1. The van der Waals surface area contributed by atoms with Crippen LogP contribution in [0.25, 0.3) is 12.2 Å². The van der Waals surface area contributed by atoms with E-state index in [1.54, 1.807) is 25.1 Å². The van der Waals surface area contributed by atoms with Crippen molar-refractivity contribution in [3.63, 3.8) is 0 Å². The Hall–Kier alpha value is -2.56. The molecule has 0 aliphatic carbocycles. The maximum Gasteiger partial charge on any atom is 0.248 e. The molecule has 3 aliphatic heterocycles. The predicted molar refractivity (Wildman–Crippen MR) is 143 cm³/mol. The lowest BCUT2D eigenvalue weighted by molar-refractivity contribution is -0.138. The normalized spacial score (nSPS) is 22.8. The van der Waals surface area contributed by atoms with Gasteiger partial charge in [0.25, 0.3) is 0 Å². The fraction of sp³-hybridized carbons (Fsp3) is 0.571. The summed E-state index contributed by atoms with van der Waals surface area (Å²) in [5.41, 5.74) is 0.559. The zero-order valence-electron chi connectivity index (χ0n) is 22.0. The molecule has 0 N–H and O–H groups in total. The van der Waals surface area contributed by atoms with Gasteiger partial charge >= 0.3 is 0 Å². The number of nitrogens with zero attached hydrogens (tertiary/aromatic N) is 4. The lowest BCUT2D eigenvalue weighted by Gasteiger charge is -2.41. The van der Waals surface area contributed by atoms with Crippen molar-refractivity contribution in [3.05, 3.63) is 47.1 Å². The molecule has 1 aromatic heterocycles. The van der Waals surface area contributed by atoms with Crippen molar-refractivity contribution in [2.24, 2.45) is 5.92 Å². The van der Waals surface area contributed by atoms with Crippen LogP contribution < -0.4 is 0 Å². The largest absolute Gasteiger partial charge is 0.355 e. The standard InChI is InChI=1S/C28H37FN4O4S/c1-21-27(26(37-30-21)12-11-22-8-3-4-10-25(22)29)38(35,36)33-17-7-9-23(20-33)28(34)32-18-13-24(14-19-32)31-15-5-2-6-16-31/h3-4,8,10-12,23-24H,2,5-7,9,13-20H2,1H3/b12-11+. The van der Waals surface area contributed by atoms with Crippen molar-refractivity contribution in [1.29, 1.82) is 0 Å². The minimum absolute atomic E-state index is 0.0273. The summed E-state index contributed by atoms with van der Waals surface area (Å²) in [6, 6.07) is 6.78. The van der Waals surface area contributed by atoms with Crippen LogP contribution in [-0.4, -0.2) is 78.9 Å². The summed E-state index contributed by atoms with van der Waals surface area (Å²) in [5, 5.41) is 3.88. The molecule has 206 valence electrons. The number of aromatic nitrogens is 1. The first-order chi connectivity index (χ1) is 18.3.